The fraction of sp³-hybridized carbons (Fsp3) is 1.00. The van der Waals surface area contributed by atoms with Crippen molar-refractivity contribution in [1.29, 1.82) is 0 Å². The van der Waals surface area contributed by atoms with Gasteiger partial charge in [0.05, 0.1) is 13.2 Å². The van der Waals surface area contributed by atoms with E-state index in [4.69, 9.17) is 20.9 Å². The van der Waals surface area contributed by atoms with Crippen LogP contribution in [-0.2, 0) is 40.3 Å². The average Bonchev–Trinajstić information content (AvgIpc) is 2.37. The van der Waals surface area contributed by atoms with Crippen LogP contribution >= 0.6 is 17.9 Å². The van der Waals surface area contributed by atoms with E-state index in [1.54, 1.807) is 0 Å². The second-order valence-corrected chi connectivity index (χ2v) is 11.9. The third kappa shape index (κ3) is 19.6. The number of thiol groups is 1. The molecule has 0 amide bonds. The van der Waals surface area contributed by atoms with Gasteiger partial charge in [-0.25, -0.2) is 0 Å². The van der Waals surface area contributed by atoms with Crippen LogP contribution in [0.4, 0.5) is 0 Å². The van der Waals surface area contributed by atoms with Crippen LogP contribution < -0.4 is 0 Å². The van der Waals surface area contributed by atoms with E-state index in [1.807, 2.05) is 0 Å². The third-order valence-corrected chi connectivity index (χ3v) is 5.70. The minimum atomic E-state index is -2.30. The first kappa shape index (κ1) is 25.8. The Bertz CT molecular complexity index is 265. The van der Waals surface area contributed by atoms with Crippen LogP contribution in [0.2, 0.25) is 0 Å². The van der Waals surface area contributed by atoms with Crippen molar-refractivity contribution >= 4 is 29.7 Å². The van der Waals surface area contributed by atoms with Crippen LogP contribution in [0.5, 0.6) is 0 Å². The second-order valence-electron chi connectivity index (χ2n) is 6.62. The van der Waals surface area contributed by atoms with Crippen LogP contribution in [-0.4, -0.2) is 13.2 Å². The maximum atomic E-state index is 5.65. The first-order valence-corrected chi connectivity index (χ1v) is 12.2. The number of unbranched alkanes of at least 4 members (excludes halogenated alkanes) is 4. The fourth-order valence-electron chi connectivity index (χ4n) is 2.06. The van der Waals surface area contributed by atoms with Gasteiger partial charge in [0.1, 0.15) is 0 Å². The molecule has 2 nitrogen and oxygen atoms in total. The summed E-state index contributed by atoms with van der Waals surface area (Å²) in [5.41, 5.74) is -2.30. The molecule has 0 saturated carbocycles. The summed E-state index contributed by atoms with van der Waals surface area (Å²) in [6.45, 7) is 10.4. The van der Waals surface area contributed by atoms with Crippen molar-refractivity contribution in [2.24, 2.45) is 11.8 Å². The molecule has 0 heterocycles. The van der Waals surface area contributed by atoms with Gasteiger partial charge in [-0.15, -0.1) is 0 Å². The number of hydrogen-bond donors (Lipinski definition) is 1. The fourth-order valence-corrected chi connectivity index (χ4v) is 3.79. The summed E-state index contributed by atoms with van der Waals surface area (Å²) in [6, 6.07) is 0. The Kier molecular flexibility index (Phi) is 18.8. The van der Waals surface area contributed by atoms with Crippen molar-refractivity contribution in [1.82, 2.24) is 0 Å². The predicted octanol–water partition coefficient (Wildman–Crippen LogP) is 6.60. The van der Waals surface area contributed by atoms with Crippen LogP contribution in [0.25, 0.3) is 0 Å². The van der Waals surface area contributed by atoms with Gasteiger partial charge >= 0.3 is 0 Å². The Balaban J connectivity index is 0. The van der Waals surface area contributed by atoms with Crippen LogP contribution in [0.1, 0.15) is 79.1 Å². The zero-order valence-electron chi connectivity index (χ0n) is 15.1. The third-order valence-electron chi connectivity index (χ3n) is 3.36. The Morgan fingerprint density at radius 1 is 0.773 bits per heavy atom. The largest absolute Gasteiger partial charge is 0.322 e. The molecule has 0 bridgehead atoms. The number of hydrogen-bond acceptors (Lipinski definition) is 3. The minimum Gasteiger partial charge on any atom is -0.322 e. The molecule has 0 radical (unpaired) electrons. The maximum Gasteiger partial charge on any atom is 0.244 e. The summed E-state index contributed by atoms with van der Waals surface area (Å²) in [5, 5.41) is 0. The van der Waals surface area contributed by atoms with Gasteiger partial charge < -0.3 is 9.05 Å². The molecule has 0 fully saturated rings. The van der Waals surface area contributed by atoms with Crippen molar-refractivity contribution in [2.45, 2.75) is 79.1 Å². The van der Waals surface area contributed by atoms with Crippen LogP contribution in [0.15, 0.2) is 0 Å². The zero-order valence-corrected chi connectivity index (χ0v) is 20.6. The van der Waals surface area contributed by atoms with Crippen molar-refractivity contribution in [3.05, 3.63) is 0 Å². The molecule has 0 aromatic heterocycles. The molecule has 0 aromatic carbocycles. The molecule has 6 heteroatoms. The van der Waals surface area contributed by atoms with Crippen molar-refractivity contribution < 1.29 is 28.5 Å². The maximum absolute atomic E-state index is 5.65. The van der Waals surface area contributed by atoms with Crippen LogP contribution in [0, 0.1) is 11.8 Å². The Morgan fingerprint density at radius 3 is 1.45 bits per heavy atom. The molecule has 0 rings (SSSR count). The van der Waals surface area contributed by atoms with E-state index in [2.05, 4.69) is 39.9 Å². The van der Waals surface area contributed by atoms with E-state index in [-0.39, 0.29) is 19.5 Å². The summed E-state index contributed by atoms with van der Waals surface area (Å²) < 4.78 is 11.3. The van der Waals surface area contributed by atoms with Crippen LogP contribution in [0.3, 0.4) is 0 Å². The smallest absolute Gasteiger partial charge is 0.244 e. The van der Waals surface area contributed by atoms with E-state index < -0.39 is 5.69 Å². The van der Waals surface area contributed by atoms with Gasteiger partial charge in [-0.3, -0.25) is 0 Å². The van der Waals surface area contributed by atoms with Gasteiger partial charge in [-0.1, -0.05) is 78.5 Å². The van der Waals surface area contributed by atoms with Gasteiger partial charge in [0.2, 0.25) is 5.69 Å². The summed E-state index contributed by atoms with van der Waals surface area (Å²) in [5.74, 6) is 1.58. The number of rotatable bonds is 14. The standard InChI is InChI=1S/C16H35O2PS2.Zn/c1-15(2)11-7-5-9-13-17-19(20,21)18-14-10-6-8-12-16(3)4;/h15-16H,5-14H2,1-4H3,(H,20,21);. The Hall–Kier alpha value is 1.54. The van der Waals surface area contributed by atoms with Gasteiger partial charge in [0, 0.05) is 19.5 Å². The summed E-state index contributed by atoms with van der Waals surface area (Å²) >= 11 is 9.70. The van der Waals surface area contributed by atoms with Gasteiger partial charge in [-0.05, 0) is 36.5 Å². The molecule has 0 atom stereocenters. The predicted molar refractivity (Wildman–Crippen MR) is 102 cm³/mol. The molecule has 22 heavy (non-hydrogen) atoms. The van der Waals surface area contributed by atoms with Crippen molar-refractivity contribution in [3.63, 3.8) is 0 Å². The van der Waals surface area contributed by atoms with E-state index >= 15 is 0 Å². The first-order valence-electron chi connectivity index (χ1n) is 8.45. The first-order chi connectivity index (χ1) is 9.83. The molecule has 0 aliphatic heterocycles. The Morgan fingerprint density at radius 2 is 1.14 bits per heavy atom. The summed E-state index contributed by atoms with van der Waals surface area (Å²) in [7, 11) is 0. The van der Waals surface area contributed by atoms with E-state index in [0.717, 1.165) is 24.7 Å². The molecule has 0 saturated heterocycles. The Labute approximate surface area is 162 Å². The van der Waals surface area contributed by atoms with E-state index in [1.165, 1.54) is 38.5 Å². The molecule has 0 aliphatic rings. The SMILES string of the molecule is CC(C)CCCCCOP(=S)(S)OCCCCCC(C)C.[Zn]. The van der Waals surface area contributed by atoms with Gasteiger partial charge in [-0.2, -0.15) is 0 Å². The molecular formula is C16H35O2PS2Zn. The molecule has 0 N–H and O–H groups in total. The minimum absolute atomic E-state index is 0. The average molecular weight is 420 g/mol. The van der Waals surface area contributed by atoms with Crippen molar-refractivity contribution in [3.8, 4) is 0 Å². The zero-order chi connectivity index (χ0) is 16.1. The van der Waals surface area contributed by atoms with E-state index in [0.29, 0.717) is 13.2 Å². The quantitative estimate of drug-likeness (QED) is 0.148. The second kappa shape index (κ2) is 16.0. The van der Waals surface area contributed by atoms with Gasteiger partial charge in [0.25, 0.3) is 0 Å². The summed E-state index contributed by atoms with van der Waals surface area (Å²) in [4.78, 5) is 0. The normalized spacial score (nSPS) is 12.0. The molecule has 0 spiro atoms. The molecular weight excluding hydrogens is 385 g/mol. The summed E-state index contributed by atoms with van der Waals surface area (Å²) in [6.07, 6.45) is 9.66. The molecule has 130 valence electrons. The van der Waals surface area contributed by atoms with Crippen molar-refractivity contribution in [2.75, 3.05) is 13.2 Å². The topological polar surface area (TPSA) is 18.5 Å². The molecule has 0 aliphatic carbocycles. The molecule has 0 unspecified atom stereocenters. The van der Waals surface area contributed by atoms with E-state index in [9.17, 15) is 0 Å². The molecule has 0 aromatic rings. The van der Waals surface area contributed by atoms with Gasteiger partial charge in [0.15, 0.2) is 0 Å². The monoisotopic (exact) mass is 418 g/mol.